The van der Waals surface area contributed by atoms with Crippen LogP contribution in [0.25, 0.3) is 0 Å². The van der Waals surface area contributed by atoms with E-state index in [1.54, 1.807) is 0 Å². The molecule has 0 radical (unpaired) electrons. The lowest BCUT2D eigenvalue weighted by Crippen LogP contribution is -2.38. The monoisotopic (exact) mass is 287 g/mol. The third kappa shape index (κ3) is 3.40. The molecular weight excluding hydrogens is 266 g/mol. The van der Waals surface area contributed by atoms with Crippen molar-refractivity contribution in [3.63, 3.8) is 0 Å². The highest BCUT2D eigenvalue weighted by Gasteiger charge is 2.23. The zero-order chi connectivity index (χ0) is 14.8. The van der Waals surface area contributed by atoms with Gasteiger partial charge in [0.1, 0.15) is 6.10 Å². The number of hydrogen-bond donors (Lipinski definition) is 1. The van der Waals surface area contributed by atoms with Gasteiger partial charge in [-0.2, -0.15) is 5.10 Å². The van der Waals surface area contributed by atoms with Gasteiger partial charge in [-0.25, -0.2) is 0 Å². The van der Waals surface area contributed by atoms with Gasteiger partial charge in [-0.05, 0) is 19.1 Å². The van der Waals surface area contributed by atoms with Crippen LogP contribution >= 0.6 is 0 Å². The predicted octanol–water partition coefficient (Wildman–Crippen LogP) is 1.28. The van der Waals surface area contributed by atoms with Gasteiger partial charge in [-0.1, -0.05) is 0 Å². The maximum atomic E-state index is 5.91. The number of nitrogens with two attached hydrogens (primary N) is 1. The highest BCUT2D eigenvalue weighted by atomic mass is 16.5. The molecule has 1 atom stereocenters. The fourth-order valence-electron chi connectivity index (χ4n) is 2.72. The summed E-state index contributed by atoms with van der Waals surface area (Å²) < 4.78 is 7.70. The zero-order valence-corrected chi connectivity index (χ0v) is 12.5. The summed E-state index contributed by atoms with van der Waals surface area (Å²) in [7, 11) is 1.94. The van der Waals surface area contributed by atoms with Crippen molar-refractivity contribution < 1.29 is 4.74 Å². The van der Waals surface area contributed by atoms with Crippen LogP contribution in [0, 0.1) is 6.92 Å². The fourth-order valence-corrected chi connectivity index (χ4v) is 2.72. The maximum absolute atomic E-state index is 5.91. The molecule has 0 bridgehead atoms. The summed E-state index contributed by atoms with van der Waals surface area (Å²) in [6, 6.07) is 3.78. The van der Waals surface area contributed by atoms with E-state index in [0.717, 1.165) is 36.7 Å². The van der Waals surface area contributed by atoms with Crippen molar-refractivity contribution in [1.82, 2.24) is 19.7 Å². The van der Waals surface area contributed by atoms with Crippen LogP contribution in [0.15, 0.2) is 24.5 Å². The Morgan fingerprint density at radius 1 is 1.43 bits per heavy atom. The SMILES string of the molecule is Cc1cc(N)cc([C@@H]2CN(Cc3cnn(C)c3)CCO2)n1. The molecule has 0 amide bonds. The van der Waals surface area contributed by atoms with Crippen molar-refractivity contribution in [3.8, 4) is 0 Å². The largest absolute Gasteiger partial charge is 0.399 e. The lowest BCUT2D eigenvalue weighted by Gasteiger charge is -2.32. The van der Waals surface area contributed by atoms with Crippen molar-refractivity contribution in [2.75, 3.05) is 25.4 Å². The number of nitrogens with zero attached hydrogens (tertiary/aromatic N) is 4. The number of ether oxygens (including phenoxy) is 1. The molecule has 1 aliphatic rings. The van der Waals surface area contributed by atoms with Gasteiger partial charge in [0.05, 0.1) is 18.5 Å². The first kappa shape index (κ1) is 14.0. The summed E-state index contributed by atoms with van der Waals surface area (Å²) in [5.41, 5.74) is 9.71. The molecule has 112 valence electrons. The zero-order valence-electron chi connectivity index (χ0n) is 12.5. The molecule has 3 heterocycles. The van der Waals surface area contributed by atoms with Gasteiger partial charge in [0, 0.05) is 49.8 Å². The first-order chi connectivity index (χ1) is 10.1. The van der Waals surface area contributed by atoms with Gasteiger partial charge in [-0.15, -0.1) is 0 Å². The Morgan fingerprint density at radius 3 is 3.00 bits per heavy atom. The van der Waals surface area contributed by atoms with Gasteiger partial charge < -0.3 is 10.5 Å². The molecule has 6 heteroatoms. The van der Waals surface area contributed by atoms with Gasteiger partial charge in [0.15, 0.2) is 0 Å². The highest BCUT2D eigenvalue weighted by Crippen LogP contribution is 2.23. The lowest BCUT2D eigenvalue weighted by molar-refractivity contribution is -0.0350. The molecular formula is C15H21N5O. The number of rotatable bonds is 3. The Bertz CT molecular complexity index is 604. The van der Waals surface area contributed by atoms with Crippen LogP contribution in [0.5, 0.6) is 0 Å². The van der Waals surface area contributed by atoms with Crippen molar-refractivity contribution in [2.45, 2.75) is 19.6 Å². The first-order valence-electron chi connectivity index (χ1n) is 7.16. The number of hydrogen-bond acceptors (Lipinski definition) is 5. The van der Waals surface area contributed by atoms with Gasteiger partial charge in [0.2, 0.25) is 0 Å². The average molecular weight is 287 g/mol. The van der Waals surface area contributed by atoms with Crippen LogP contribution in [-0.4, -0.2) is 39.4 Å². The Balaban J connectivity index is 1.70. The highest BCUT2D eigenvalue weighted by molar-refractivity contribution is 5.40. The normalized spacial score (nSPS) is 19.8. The molecule has 0 unspecified atom stereocenters. The fraction of sp³-hybridized carbons (Fsp3) is 0.467. The first-order valence-corrected chi connectivity index (χ1v) is 7.16. The third-order valence-corrected chi connectivity index (χ3v) is 3.64. The lowest BCUT2D eigenvalue weighted by atomic mass is 10.1. The summed E-state index contributed by atoms with van der Waals surface area (Å²) in [6.45, 7) is 5.29. The van der Waals surface area contributed by atoms with Crippen molar-refractivity contribution in [2.24, 2.45) is 7.05 Å². The summed E-state index contributed by atoms with van der Waals surface area (Å²) in [5, 5.41) is 4.21. The van der Waals surface area contributed by atoms with E-state index >= 15 is 0 Å². The Kier molecular flexibility index (Phi) is 3.90. The quantitative estimate of drug-likeness (QED) is 0.921. The van der Waals surface area contributed by atoms with Gasteiger partial charge >= 0.3 is 0 Å². The Morgan fingerprint density at radius 2 is 2.29 bits per heavy atom. The van der Waals surface area contributed by atoms with E-state index in [1.165, 1.54) is 5.56 Å². The van der Waals surface area contributed by atoms with E-state index in [1.807, 2.05) is 43.2 Å². The van der Waals surface area contributed by atoms with E-state index in [9.17, 15) is 0 Å². The topological polar surface area (TPSA) is 69.2 Å². The molecule has 2 N–H and O–H groups in total. The Hall–Kier alpha value is -1.92. The number of pyridine rings is 1. The summed E-state index contributed by atoms with van der Waals surface area (Å²) in [4.78, 5) is 6.92. The second-order valence-electron chi connectivity index (χ2n) is 5.58. The van der Waals surface area contributed by atoms with Crippen LogP contribution in [-0.2, 0) is 18.3 Å². The Labute approximate surface area is 124 Å². The number of aromatic nitrogens is 3. The predicted molar refractivity (Wildman–Crippen MR) is 80.6 cm³/mol. The van der Waals surface area contributed by atoms with Crippen molar-refractivity contribution in [1.29, 1.82) is 0 Å². The number of anilines is 1. The number of morpholine rings is 1. The number of aryl methyl sites for hydroxylation is 2. The van der Waals surface area contributed by atoms with Gasteiger partial charge in [-0.3, -0.25) is 14.6 Å². The summed E-state index contributed by atoms with van der Waals surface area (Å²) in [5.74, 6) is 0. The van der Waals surface area contributed by atoms with Crippen LogP contribution < -0.4 is 5.73 Å². The minimum absolute atomic E-state index is 0.0161. The van der Waals surface area contributed by atoms with E-state index < -0.39 is 0 Å². The molecule has 21 heavy (non-hydrogen) atoms. The van der Waals surface area contributed by atoms with Crippen LogP contribution in [0.1, 0.15) is 23.1 Å². The molecule has 2 aromatic heterocycles. The number of nitrogen functional groups attached to an aromatic ring is 1. The second kappa shape index (κ2) is 5.83. The molecule has 1 saturated heterocycles. The minimum atomic E-state index is -0.0161. The smallest absolute Gasteiger partial charge is 0.112 e. The molecule has 1 aliphatic heterocycles. The molecule has 0 saturated carbocycles. The van der Waals surface area contributed by atoms with Crippen molar-refractivity contribution in [3.05, 3.63) is 41.5 Å². The molecule has 6 nitrogen and oxygen atoms in total. The van der Waals surface area contributed by atoms with E-state index in [4.69, 9.17) is 10.5 Å². The van der Waals surface area contributed by atoms with Crippen molar-refractivity contribution >= 4 is 5.69 Å². The summed E-state index contributed by atoms with van der Waals surface area (Å²) >= 11 is 0. The van der Waals surface area contributed by atoms with Crippen LogP contribution in [0.3, 0.4) is 0 Å². The standard InChI is InChI=1S/C15H21N5O/c1-11-5-13(16)6-14(18-11)15-10-20(3-4-21-15)9-12-7-17-19(2)8-12/h5-8,15H,3-4,9-10H2,1-2H3,(H2,16,18)/t15-/m0/s1. The van der Waals surface area contributed by atoms with Crippen LogP contribution in [0.2, 0.25) is 0 Å². The maximum Gasteiger partial charge on any atom is 0.112 e. The second-order valence-corrected chi connectivity index (χ2v) is 5.58. The molecule has 3 rings (SSSR count). The third-order valence-electron chi connectivity index (χ3n) is 3.64. The molecule has 0 aliphatic carbocycles. The van der Waals surface area contributed by atoms with E-state index in [-0.39, 0.29) is 6.10 Å². The average Bonchev–Trinajstić information content (AvgIpc) is 2.83. The minimum Gasteiger partial charge on any atom is -0.399 e. The molecule has 2 aromatic rings. The van der Waals surface area contributed by atoms with Gasteiger partial charge in [0.25, 0.3) is 0 Å². The molecule has 1 fully saturated rings. The molecule has 0 aromatic carbocycles. The van der Waals surface area contributed by atoms with Crippen LogP contribution in [0.4, 0.5) is 5.69 Å². The molecule has 0 spiro atoms. The van der Waals surface area contributed by atoms with E-state index in [2.05, 4.69) is 15.0 Å². The van der Waals surface area contributed by atoms with E-state index in [0.29, 0.717) is 6.61 Å². The summed E-state index contributed by atoms with van der Waals surface area (Å²) in [6.07, 6.45) is 3.94.